The Morgan fingerprint density at radius 3 is 2.45 bits per heavy atom. The smallest absolute Gasteiger partial charge is 0.127 e. The van der Waals surface area contributed by atoms with Gasteiger partial charge in [-0.05, 0) is 32.9 Å². The molecule has 2 rings (SSSR count). The third kappa shape index (κ3) is 3.06. The van der Waals surface area contributed by atoms with E-state index in [0.29, 0.717) is 16.6 Å². The van der Waals surface area contributed by atoms with Crippen molar-refractivity contribution in [2.24, 2.45) is 0 Å². The minimum absolute atomic E-state index is 0.215. The molecule has 0 fully saturated rings. The third-order valence-electron chi connectivity index (χ3n) is 3.27. The van der Waals surface area contributed by atoms with Crippen LogP contribution in [0.15, 0.2) is 12.1 Å². The van der Waals surface area contributed by atoms with Gasteiger partial charge in [-0.25, -0.2) is 4.98 Å². The van der Waals surface area contributed by atoms with E-state index in [0.717, 1.165) is 16.9 Å². The molecule has 0 spiro atoms. The first-order chi connectivity index (χ1) is 9.25. The minimum Gasteiger partial charge on any atom is -0.377 e. The SMILES string of the molecule is COC(C)(C)Cn1c(C(C)Cl)nc2cc(Cl)c(Cl)cc21. The van der Waals surface area contributed by atoms with Crippen molar-refractivity contribution in [2.45, 2.75) is 38.3 Å². The molecule has 20 heavy (non-hydrogen) atoms. The third-order valence-corrected chi connectivity index (χ3v) is 4.18. The Balaban J connectivity index is 2.65. The molecule has 0 aliphatic rings. The maximum Gasteiger partial charge on any atom is 0.127 e. The van der Waals surface area contributed by atoms with Crippen molar-refractivity contribution in [3.8, 4) is 0 Å². The molecule has 0 aliphatic heterocycles. The van der Waals surface area contributed by atoms with Gasteiger partial charge in [-0.3, -0.25) is 0 Å². The molecule has 1 aromatic carbocycles. The second-order valence-electron chi connectivity index (χ2n) is 5.39. The van der Waals surface area contributed by atoms with E-state index in [2.05, 4.69) is 4.98 Å². The quantitative estimate of drug-likeness (QED) is 0.730. The second-order valence-corrected chi connectivity index (χ2v) is 6.86. The van der Waals surface area contributed by atoms with Crippen LogP contribution >= 0.6 is 34.8 Å². The molecule has 0 bridgehead atoms. The van der Waals surface area contributed by atoms with Gasteiger partial charge in [0.2, 0.25) is 0 Å². The first-order valence-corrected chi connectivity index (χ1v) is 7.49. The summed E-state index contributed by atoms with van der Waals surface area (Å²) in [5.74, 6) is 0.783. The van der Waals surface area contributed by atoms with Crippen molar-refractivity contribution >= 4 is 45.8 Å². The van der Waals surface area contributed by atoms with Crippen LogP contribution in [0.1, 0.15) is 32.0 Å². The molecular weight excluding hydrogens is 319 g/mol. The molecule has 1 heterocycles. The Morgan fingerprint density at radius 2 is 1.90 bits per heavy atom. The molecule has 0 aliphatic carbocycles. The molecule has 0 saturated carbocycles. The van der Waals surface area contributed by atoms with Crippen LogP contribution in [0, 0.1) is 0 Å². The number of fused-ring (bicyclic) bond motifs is 1. The molecule has 1 aromatic heterocycles. The Labute approximate surface area is 133 Å². The Kier molecular flexibility index (Phi) is 4.55. The summed E-state index contributed by atoms with van der Waals surface area (Å²) in [6.45, 7) is 6.55. The van der Waals surface area contributed by atoms with Gasteiger partial charge in [-0.1, -0.05) is 23.2 Å². The molecular formula is C14H17Cl3N2O. The van der Waals surface area contributed by atoms with Crippen molar-refractivity contribution in [1.82, 2.24) is 9.55 Å². The molecule has 1 unspecified atom stereocenters. The molecule has 110 valence electrons. The zero-order chi connectivity index (χ0) is 15.1. The number of hydrogen-bond acceptors (Lipinski definition) is 2. The van der Waals surface area contributed by atoms with Crippen LogP contribution < -0.4 is 0 Å². The lowest BCUT2D eigenvalue weighted by Gasteiger charge is -2.25. The van der Waals surface area contributed by atoms with E-state index in [1.807, 2.05) is 31.4 Å². The summed E-state index contributed by atoms with van der Waals surface area (Å²) in [6.07, 6.45) is 0. The Bertz CT molecular complexity index is 635. The lowest BCUT2D eigenvalue weighted by molar-refractivity contribution is 0.00842. The van der Waals surface area contributed by atoms with Gasteiger partial charge in [0, 0.05) is 7.11 Å². The van der Waals surface area contributed by atoms with E-state index in [4.69, 9.17) is 39.5 Å². The lowest BCUT2D eigenvalue weighted by Crippen LogP contribution is -2.29. The van der Waals surface area contributed by atoms with Crippen LogP contribution in [0.5, 0.6) is 0 Å². The number of ether oxygens (including phenoxy) is 1. The van der Waals surface area contributed by atoms with Gasteiger partial charge in [0.25, 0.3) is 0 Å². The standard InChI is InChI=1S/C14H17Cl3N2O/c1-8(15)13-18-11-5-9(16)10(17)6-12(11)19(13)7-14(2,3)20-4/h5-6,8H,7H2,1-4H3. The van der Waals surface area contributed by atoms with Gasteiger partial charge in [0.1, 0.15) is 5.82 Å². The van der Waals surface area contributed by atoms with Crippen molar-refractivity contribution in [3.05, 3.63) is 28.0 Å². The fourth-order valence-corrected chi connectivity index (χ4v) is 2.54. The molecule has 0 amide bonds. The number of imidazole rings is 1. The number of benzene rings is 1. The zero-order valence-electron chi connectivity index (χ0n) is 11.9. The Morgan fingerprint density at radius 1 is 1.30 bits per heavy atom. The van der Waals surface area contributed by atoms with Crippen molar-refractivity contribution in [3.63, 3.8) is 0 Å². The summed E-state index contributed by atoms with van der Waals surface area (Å²) in [5, 5.41) is 0.778. The van der Waals surface area contributed by atoms with E-state index < -0.39 is 0 Å². The highest BCUT2D eigenvalue weighted by Crippen LogP contribution is 2.32. The van der Waals surface area contributed by atoms with E-state index in [1.54, 1.807) is 13.2 Å². The van der Waals surface area contributed by atoms with E-state index in [1.165, 1.54) is 0 Å². The van der Waals surface area contributed by atoms with Crippen LogP contribution in [0.2, 0.25) is 10.0 Å². The Hall–Kier alpha value is -0.480. The van der Waals surface area contributed by atoms with Crippen LogP contribution in [0.3, 0.4) is 0 Å². The highest BCUT2D eigenvalue weighted by Gasteiger charge is 2.23. The first kappa shape index (κ1) is 15.9. The molecule has 2 aromatic rings. The molecule has 0 saturated heterocycles. The highest BCUT2D eigenvalue weighted by atomic mass is 35.5. The van der Waals surface area contributed by atoms with Gasteiger partial charge in [0.05, 0.1) is 38.6 Å². The highest BCUT2D eigenvalue weighted by molar-refractivity contribution is 6.42. The molecule has 1 atom stereocenters. The summed E-state index contributed by atoms with van der Waals surface area (Å²) < 4.78 is 7.54. The van der Waals surface area contributed by atoms with Gasteiger partial charge in [0.15, 0.2) is 0 Å². The number of hydrogen-bond donors (Lipinski definition) is 0. The van der Waals surface area contributed by atoms with Crippen molar-refractivity contribution in [1.29, 1.82) is 0 Å². The van der Waals surface area contributed by atoms with Gasteiger partial charge >= 0.3 is 0 Å². The van der Waals surface area contributed by atoms with Crippen LogP contribution in [0.4, 0.5) is 0 Å². The molecule has 3 nitrogen and oxygen atoms in total. The largest absolute Gasteiger partial charge is 0.377 e. The van der Waals surface area contributed by atoms with Crippen LogP contribution in [-0.4, -0.2) is 22.3 Å². The van der Waals surface area contributed by atoms with Gasteiger partial charge in [-0.15, -0.1) is 11.6 Å². The minimum atomic E-state index is -0.333. The maximum absolute atomic E-state index is 6.24. The maximum atomic E-state index is 6.24. The molecule has 6 heteroatoms. The molecule has 0 N–H and O–H groups in total. The lowest BCUT2D eigenvalue weighted by atomic mass is 10.1. The topological polar surface area (TPSA) is 27.1 Å². The number of halogens is 3. The van der Waals surface area contributed by atoms with E-state index in [-0.39, 0.29) is 11.0 Å². The summed E-state index contributed by atoms with van der Waals surface area (Å²) in [5.41, 5.74) is 1.36. The average molecular weight is 336 g/mol. The second kappa shape index (κ2) is 5.72. The number of alkyl halides is 1. The fraction of sp³-hybridized carbons (Fsp3) is 0.500. The van der Waals surface area contributed by atoms with Crippen molar-refractivity contribution in [2.75, 3.05) is 7.11 Å². The average Bonchev–Trinajstić information content (AvgIpc) is 2.68. The predicted octanol–water partition coefficient (Wildman–Crippen LogP) is 5.07. The number of nitrogens with zero attached hydrogens (tertiary/aromatic N) is 2. The normalized spacial score (nSPS) is 13.9. The fourth-order valence-electron chi connectivity index (χ4n) is 2.05. The zero-order valence-corrected chi connectivity index (χ0v) is 14.1. The summed E-state index contributed by atoms with van der Waals surface area (Å²) in [4.78, 5) is 4.56. The monoisotopic (exact) mass is 334 g/mol. The first-order valence-electron chi connectivity index (χ1n) is 6.29. The number of aromatic nitrogens is 2. The summed E-state index contributed by atoms with van der Waals surface area (Å²) in [7, 11) is 1.69. The number of rotatable bonds is 4. The molecule has 0 radical (unpaired) electrons. The van der Waals surface area contributed by atoms with Crippen molar-refractivity contribution < 1.29 is 4.74 Å². The van der Waals surface area contributed by atoms with Gasteiger partial charge < -0.3 is 9.30 Å². The summed E-state index contributed by atoms with van der Waals surface area (Å²) >= 11 is 18.4. The van der Waals surface area contributed by atoms with Crippen LogP contribution in [-0.2, 0) is 11.3 Å². The number of methoxy groups -OCH3 is 1. The predicted molar refractivity (Wildman–Crippen MR) is 85.1 cm³/mol. The van der Waals surface area contributed by atoms with Crippen LogP contribution in [0.25, 0.3) is 11.0 Å². The van der Waals surface area contributed by atoms with E-state index in [9.17, 15) is 0 Å². The van der Waals surface area contributed by atoms with Gasteiger partial charge in [-0.2, -0.15) is 0 Å². The summed E-state index contributed by atoms with van der Waals surface area (Å²) in [6, 6.07) is 3.58. The van der Waals surface area contributed by atoms with E-state index >= 15 is 0 Å².